The topological polar surface area (TPSA) is 40.6 Å². The Morgan fingerprint density at radius 2 is 2.05 bits per heavy atom. The van der Waals surface area contributed by atoms with E-state index in [4.69, 9.17) is 0 Å². The number of piperidine rings is 1. The van der Waals surface area contributed by atoms with Crippen LogP contribution in [0.5, 0.6) is 0 Å². The van der Waals surface area contributed by atoms with Crippen molar-refractivity contribution in [2.24, 2.45) is 5.92 Å². The van der Waals surface area contributed by atoms with Crippen LogP contribution in [0.2, 0.25) is 0 Å². The molecule has 0 saturated carbocycles. The third kappa shape index (κ3) is 2.16. The molecule has 1 fully saturated rings. The summed E-state index contributed by atoms with van der Waals surface area (Å²) < 4.78 is 0. The SMILES string of the molecule is C[C@H]1CCCN(CN2C(=O)C(=O)c3ccccc32)C1. The standard InChI is InChI=1S/C15H18N2O2/c1-11-5-4-8-16(9-11)10-17-13-7-3-2-6-12(13)14(18)15(17)19/h2-3,6-7,11H,4-5,8-10H2,1H3/t11-/m0/s1. The van der Waals surface area contributed by atoms with Crippen LogP contribution in [0, 0.1) is 5.92 Å². The van der Waals surface area contributed by atoms with Gasteiger partial charge in [0.1, 0.15) is 0 Å². The second kappa shape index (κ2) is 4.78. The van der Waals surface area contributed by atoms with Crippen LogP contribution < -0.4 is 4.90 Å². The Bertz CT molecular complexity index is 527. The average molecular weight is 258 g/mol. The molecule has 0 N–H and O–H groups in total. The number of carbonyl (C=O) groups excluding carboxylic acids is 2. The smallest absolute Gasteiger partial charge is 0.291 e. The van der Waals surface area contributed by atoms with Gasteiger partial charge < -0.3 is 0 Å². The fourth-order valence-corrected chi connectivity index (χ4v) is 3.00. The second-order valence-electron chi connectivity index (χ2n) is 5.55. The van der Waals surface area contributed by atoms with Crippen molar-refractivity contribution in [1.82, 2.24) is 4.90 Å². The predicted molar refractivity (Wildman–Crippen MR) is 73.1 cm³/mol. The van der Waals surface area contributed by atoms with Crippen LogP contribution in [-0.4, -0.2) is 36.3 Å². The molecule has 0 spiro atoms. The Balaban J connectivity index is 1.81. The first-order chi connectivity index (χ1) is 9.16. The lowest BCUT2D eigenvalue weighted by atomic mass is 10.0. The molecule has 4 heteroatoms. The van der Waals surface area contributed by atoms with Gasteiger partial charge >= 0.3 is 5.91 Å². The van der Waals surface area contributed by atoms with Crippen LogP contribution in [-0.2, 0) is 4.79 Å². The van der Waals surface area contributed by atoms with Gasteiger partial charge in [-0.05, 0) is 37.4 Å². The lowest BCUT2D eigenvalue weighted by molar-refractivity contribution is -0.114. The van der Waals surface area contributed by atoms with Crippen molar-refractivity contribution in [2.75, 3.05) is 24.7 Å². The van der Waals surface area contributed by atoms with Gasteiger partial charge in [0.15, 0.2) is 0 Å². The van der Waals surface area contributed by atoms with Gasteiger partial charge in [-0.2, -0.15) is 0 Å². The first-order valence-corrected chi connectivity index (χ1v) is 6.84. The molecule has 0 aromatic heterocycles. The summed E-state index contributed by atoms with van der Waals surface area (Å²) in [7, 11) is 0. The van der Waals surface area contributed by atoms with E-state index in [2.05, 4.69) is 11.8 Å². The molecule has 4 nitrogen and oxygen atoms in total. The second-order valence-corrected chi connectivity index (χ2v) is 5.55. The maximum absolute atomic E-state index is 12.1. The molecule has 0 aliphatic carbocycles. The fraction of sp³-hybridized carbons (Fsp3) is 0.467. The van der Waals surface area contributed by atoms with Crippen LogP contribution in [0.25, 0.3) is 0 Å². The van der Waals surface area contributed by atoms with Gasteiger partial charge in [0, 0.05) is 6.54 Å². The van der Waals surface area contributed by atoms with E-state index in [0.717, 1.165) is 18.8 Å². The van der Waals surface area contributed by atoms with Gasteiger partial charge in [0.2, 0.25) is 0 Å². The summed E-state index contributed by atoms with van der Waals surface area (Å²) in [6.07, 6.45) is 2.42. The van der Waals surface area contributed by atoms with E-state index < -0.39 is 0 Å². The zero-order valence-electron chi connectivity index (χ0n) is 11.1. The quantitative estimate of drug-likeness (QED) is 0.761. The summed E-state index contributed by atoms with van der Waals surface area (Å²) >= 11 is 0. The maximum Gasteiger partial charge on any atom is 0.300 e. The highest BCUT2D eigenvalue weighted by Crippen LogP contribution is 2.29. The number of carbonyl (C=O) groups is 2. The van der Waals surface area contributed by atoms with E-state index in [0.29, 0.717) is 18.2 Å². The van der Waals surface area contributed by atoms with Crippen molar-refractivity contribution in [2.45, 2.75) is 19.8 Å². The zero-order chi connectivity index (χ0) is 13.4. The minimum absolute atomic E-state index is 0.374. The number of rotatable bonds is 2. The molecule has 0 radical (unpaired) electrons. The fourth-order valence-electron chi connectivity index (χ4n) is 3.00. The van der Waals surface area contributed by atoms with E-state index in [1.54, 1.807) is 17.0 Å². The number of benzene rings is 1. The van der Waals surface area contributed by atoms with Crippen LogP contribution >= 0.6 is 0 Å². The van der Waals surface area contributed by atoms with Crippen LogP contribution in [0.15, 0.2) is 24.3 Å². The molecule has 100 valence electrons. The van der Waals surface area contributed by atoms with Gasteiger partial charge in [-0.25, -0.2) is 0 Å². The summed E-state index contributed by atoms with van der Waals surface area (Å²) in [4.78, 5) is 27.9. The largest absolute Gasteiger partial charge is 0.300 e. The third-order valence-corrected chi connectivity index (χ3v) is 3.96. The first kappa shape index (κ1) is 12.4. The number of anilines is 1. The Kier molecular flexibility index (Phi) is 3.11. The van der Waals surface area contributed by atoms with Crippen molar-refractivity contribution in [3.8, 4) is 0 Å². The third-order valence-electron chi connectivity index (χ3n) is 3.96. The summed E-state index contributed by atoms with van der Waals surface area (Å²) in [5, 5.41) is 0. The number of para-hydroxylation sites is 1. The van der Waals surface area contributed by atoms with E-state index >= 15 is 0 Å². The Morgan fingerprint density at radius 1 is 1.26 bits per heavy atom. The van der Waals surface area contributed by atoms with E-state index in [1.807, 2.05) is 12.1 Å². The molecule has 1 atom stereocenters. The number of nitrogens with zero attached hydrogens (tertiary/aromatic N) is 2. The predicted octanol–water partition coefficient (Wildman–Crippen LogP) is 1.91. The normalized spacial score (nSPS) is 23.8. The van der Waals surface area contributed by atoms with E-state index in [1.165, 1.54) is 12.8 Å². The monoisotopic (exact) mass is 258 g/mol. The molecule has 1 aromatic rings. The van der Waals surface area contributed by atoms with E-state index in [-0.39, 0.29) is 11.7 Å². The molecule has 0 bridgehead atoms. The Morgan fingerprint density at radius 3 is 2.84 bits per heavy atom. The van der Waals surface area contributed by atoms with Gasteiger partial charge in [-0.1, -0.05) is 19.1 Å². The number of hydrogen-bond donors (Lipinski definition) is 0. The summed E-state index contributed by atoms with van der Waals surface area (Å²) in [5.41, 5.74) is 1.30. The molecule has 2 aliphatic rings. The highest BCUT2D eigenvalue weighted by molar-refractivity contribution is 6.52. The van der Waals surface area contributed by atoms with Gasteiger partial charge in [0.05, 0.1) is 17.9 Å². The number of fused-ring (bicyclic) bond motifs is 1. The lowest BCUT2D eigenvalue weighted by Crippen LogP contribution is -2.44. The minimum atomic E-state index is -0.389. The van der Waals surface area contributed by atoms with Crippen molar-refractivity contribution >= 4 is 17.4 Å². The highest BCUT2D eigenvalue weighted by Gasteiger charge is 2.36. The van der Waals surface area contributed by atoms with Crippen molar-refractivity contribution in [3.05, 3.63) is 29.8 Å². The molecule has 1 saturated heterocycles. The zero-order valence-corrected chi connectivity index (χ0v) is 11.1. The minimum Gasteiger partial charge on any atom is -0.291 e. The molecule has 0 unspecified atom stereocenters. The molecule has 3 rings (SSSR count). The molecule has 2 aliphatic heterocycles. The van der Waals surface area contributed by atoms with Crippen LogP contribution in [0.4, 0.5) is 5.69 Å². The van der Waals surface area contributed by atoms with E-state index in [9.17, 15) is 9.59 Å². The van der Waals surface area contributed by atoms with Crippen molar-refractivity contribution < 1.29 is 9.59 Å². The first-order valence-electron chi connectivity index (χ1n) is 6.84. The number of Topliss-reactive ketones (excluding diaryl/α,β-unsaturated/α-hetero) is 1. The van der Waals surface area contributed by atoms with Gasteiger partial charge in [-0.15, -0.1) is 0 Å². The summed E-state index contributed by atoms with van der Waals surface area (Å²) in [6, 6.07) is 7.26. The average Bonchev–Trinajstić information content (AvgIpc) is 2.65. The van der Waals surface area contributed by atoms with Crippen LogP contribution in [0.3, 0.4) is 0 Å². The molecule has 1 amide bonds. The van der Waals surface area contributed by atoms with Crippen molar-refractivity contribution in [1.29, 1.82) is 0 Å². The molecule has 1 aromatic carbocycles. The Hall–Kier alpha value is -1.68. The van der Waals surface area contributed by atoms with Crippen LogP contribution in [0.1, 0.15) is 30.1 Å². The molecule has 19 heavy (non-hydrogen) atoms. The number of amides is 1. The Labute approximate surface area is 113 Å². The number of ketones is 1. The molecule has 2 heterocycles. The number of hydrogen-bond acceptors (Lipinski definition) is 3. The maximum atomic E-state index is 12.1. The summed E-state index contributed by atoms with van der Waals surface area (Å²) in [5.74, 6) is -0.0996. The lowest BCUT2D eigenvalue weighted by Gasteiger charge is -2.33. The molecular weight excluding hydrogens is 240 g/mol. The van der Waals surface area contributed by atoms with Gasteiger partial charge in [0.25, 0.3) is 5.78 Å². The molecular formula is C15H18N2O2. The highest BCUT2D eigenvalue weighted by atomic mass is 16.2. The van der Waals surface area contributed by atoms with Gasteiger partial charge in [-0.3, -0.25) is 19.4 Å². The van der Waals surface area contributed by atoms with Crippen molar-refractivity contribution in [3.63, 3.8) is 0 Å². The summed E-state index contributed by atoms with van der Waals surface area (Å²) in [6.45, 7) is 4.77. The number of likely N-dealkylation sites (tertiary alicyclic amines) is 1.